The SMILES string of the molecule is CCC(=O)c1cc2c(F)c(F)c(F)cc2[nH]1. The molecular formula is C11H8F3NO. The van der Waals surface area contributed by atoms with Gasteiger partial charge in [0.25, 0.3) is 0 Å². The van der Waals surface area contributed by atoms with E-state index in [2.05, 4.69) is 4.98 Å². The summed E-state index contributed by atoms with van der Waals surface area (Å²) in [5.74, 6) is -4.32. The van der Waals surface area contributed by atoms with E-state index in [0.717, 1.165) is 6.07 Å². The van der Waals surface area contributed by atoms with E-state index in [1.165, 1.54) is 6.07 Å². The first-order valence-corrected chi connectivity index (χ1v) is 4.74. The summed E-state index contributed by atoms with van der Waals surface area (Å²) in [5, 5.41) is -0.115. The van der Waals surface area contributed by atoms with Crippen LogP contribution < -0.4 is 0 Å². The quantitative estimate of drug-likeness (QED) is 0.620. The van der Waals surface area contributed by atoms with Gasteiger partial charge < -0.3 is 4.98 Å². The highest BCUT2D eigenvalue weighted by Crippen LogP contribution is 2.24. The number of ketones is 1. The predicted molar refractivity (Wildman–Crippen MR) is 52.8 cm³/mol. The summed E-state index contributed by atoms with van der Waals surface area (Å²) >= 11 is 0. The van der Waals surface area contributed by atoms with Crippen LogP contribution in [0.5, 0.6) is 0 Å². The fourth-order valence-corrected chi connectivity index (χ4v) is 1.52. The molecular weight excluding hydrogens is 219 g/mol. The summed E-state index contributed by atoms with van der Waals surface area (Å²) in [4.78, 5) is 13.9. The molecule has 1 N–H and O–H groups in total. The molecule has 1 aromatic carbocycles. The molecule has 1 heterocycles. The van der Waals surface area contributed by atoms with E-state index >= 15 is 0 Å². The van der Waals surface area contributed by atoms with Crippen LogP contribution in [0, 0.1) is 17.5 Å². The van der Waals surface area contributed by atoms with Gasteiger partial charge in [-0.25, -0.2) is 13.2 Å². The van der Waals surface area contributed by atoms with Crippen molar-refractivity contribution in [3.8, 4) is 0 Å². The van der Waals surface area contributed by atoms with Crippen LogP contribution in [0.2, 0.25) is 0 Å². The molecule has 0 radical (unpaired) electrons. The van der Waals surface area contributed by atoms with Crippen LogP contribution in [0.25, 0.3) is 10.9 Å². The highest BCUT2D eigenvalue weighted by Gasteiger charge is 2.17. The third kappa shape index (κ3) is 1.48. The second-order valence-electron chi connectivity index (χ2n) is 3.41. The van der Waals surface area contributed by atoms with Crippen molar-refractivity contribution < 1.29 is 18.0 Å². The Morgan fingerprint density at radius 3 is 2.56 bits per heavy atom. The van der Waals surface area contributed by atoms with Crippen LogP contribution in [0.15, 0.2) is 12.1 Å². The van der Waals surface area contributed by atoms with Gasteiger partial charge in [0.1, 0.15) is 0 Å². The van der Waals surface area contributed by atoms with Crippen LogP contribution in [-0.2, 0) is 0 Å². The van der Waals surface area contributed by atoms with Gasteiger partial charge in [-0.15, -0.1) is 0 Å². The number of hydrogen-bond acceptors (Lipinski definition) is 1. The Hall–Kier alpha value is -1.78. The lowest BCUT2D eigenvalue weighted by Gasteiger charge is -1.95. The number of hydrogen-bond donors (Lipinski definition) is 1. The number of Topliss-reactive ketones (excluding diaryl/α,β-unsaturated/α-hetero) is 1. The average Bonchev–Trinajstić information content (AvgIpc) is 2.69. The standard InChI is InChI=1S/C11H8F3NO/c1-2-9(16)8-3-5-7(15-8)4-6(12)11(14)10(5)13/h3-4,15H,2H2,1H3. The molecule has 2 aromatic rings. The summed E-state index contributed by atoms with van der Waals surface area (Å²) in [6, 6.07) is 2.03. The Morgan fingerprint density at radius 2 is 1.94 bits per heavy atom. The molecule has 84 valence electrons. The van der Waals surface area contributed by atoms with E-state index in [4.69, 9.17) is 0 Å². The fourth-order valence-electron chi connectivity index (χ4n) is 1.52. The summed E-state index contributed by atoms with van der Waals surface area (Å²) in [6.07, 6.45) is 0.236. The minimum absolute atomic E-state index is 0.0770. The van der Waals surface area contributed by atoms with E-state index < -0.39 is 17.5 Å². The second kappa shape index (κ2) is 3.66. The molecule has 16 heavy (non-hydrogen) atoms. The van der Waals surface area contributed by atoms with Gasteiger partial charge in [-0.05, 0) is 6.07 Å². The van der Waals surface area contributed by atoms with Crippen molar-refractivity contribution in [2.45, 2.75) is 13.3 Å². The van der Waals surface area contributed by atoms with E-state index in [0.29, 0.717) is 0 Å². The summed E-state index contributed by atoms with van der Waals surface area (Å²) in [6.45, 7) is 1.64. The van der Waals surface area contributed by atoms with Gasteiger partial charge in [-0.3, -0.25) is 4.79 Å². The van der Waals surface area contributed by atoms with Crippen molar-refractivity contribution in [2.24, 2.45) is 0 Å². The highest BCUT2D eigenvalue weighted by atomic mass is 19.2. The third-order valence-electron chi connectivity index (χ3n) is 2.38. The van der Waals surface area contributed by atoms with Crippen molar-refractivity contribution in [3.63, 3.8) is 0 Å². The van der Waals surface area contributed by atoms with Crippen LogP contribution in [0.3, 0.4) is 0 Å². The van der Waals surface area contributed by atoms with E-state index in [-0.39, 0.29) is 28.8 Å². The van der Waals surface area contributed by atoms with Crippen molar-refractivity contribution in [1.29, 1.82) is 0 Å². The topological polar surface area (TPSA) is 32.9 Å². The third-order valence-corrected chi connectivity index (χ3v) is 2.38. The van der Waals surface area contributed by atoms with Crippen LogP contribution in [0.4, 0.5) is 13.2 Å². The smallest absolute Gasteiger partial charge is 0.195 e. The molecule has 0 fully saturated rings. The zero-order valence-electron chi connectivity index (χ0n) is 8.40. The molecule has 1 aromatic heterocycles. The van der Waals surface area contributed by atoms with Gasteiger partial charge in [-0.2, -0.15) is 0 Å². The minimum atomic E-state index is -1.53. The Labute approximate surface area is 89.1 Å². The minimum Gasteiger partial charge on any atom is -0.352 e. The fraction of sp³-hybridized carbons (Fsp3) is 0.182. The maximum atomic E-state index is 13.3. The Bertz CT molecular complexity index is 574. The Balaban J connectivity index is 2.71. The van der Waals surface area contributed by atoms with Crippen molar-refractivity contribution >= 4 is 16.7 Å². The number of carbonyl (C=O) groups is 1. The summed E-state index contributed by atoms with van der Waals surface area (Å²) < 4.78 is 39.1. The van der Waals surface area contributed by atoms with E-state index in [9.17, 15) is 18.0 Å². The average molecular weight is 227 g/mol. The van der Waals surface area contributed by atoms with Gasteiger partial charge in [0, 0.05) is 17.9 Å². The predicted octanol–water partition coefficient (Wildman–Crippen LogP) is 3.18. The molecule has 0 unspecified atom stereocenters. The monoisotopic (exact) mass is 227 g/mol. The molecule has 0 aliphatic heterocycles. The number of aromatic nitrogens is 1. The first kappa shape index (κ1) is 10.7. The molecule has 0 spiro atoms. The molecule has 0 bridgehead atoms. The molecule has 0 aliphatic carbocycles. The number of rotatable bonds is 2. The molecule has 2 rings (SSSR count). The van der Waals surface area contributed by atoms with Gasteiger partial charge in [0.15, 0.2) is 23.2 Å². The van der Waals surface area contributed by atoms with Crippen LogP contribution in [-0.4, -0.2) is 10.8 Å². The zero-order chi connectivity index (χ0) is 11.9. The number of benzene rings is 1. The number of carbonyl (C=O) groups excluding carboxylic acids is 1. The number of halogens is 3. The molecule has 0 amide bonds. The molecule has 2 nitrogen and oxygen atoms in total. The highest BCUT2D eigenvalue weighted by molar-refractivity contribution is 5.99. The number of H-pyrrole nitrogens is 1. The van der Waals surface area contributed by atoms with E-state index in [1.54, 1.807) is 6.92 Å². The van der Waals surface area contributed by atoms with Gasteiger partial charge in [0.2, 0.25) is 0 Å². The lowest BCUT2D eigenvalue weighted by atomic mass is 10.2. The molecule has 0 saturated carbocycles. The normalized spacial score (nSPS) is 11.0. The van der Waals surface area contributed by atoms with E-state index in [1.807, 2.05) is 0 Å². The molecule has 0 saturated heterocycles. The van der Waals surface area contributed by atoms with Crippen LogP contribution in [0.1, 0.15) is 23.8 Å². The van der Waals surface area contributed by atoms with Gasteiger partial charge >= 0.3 is 0 Å². The first-order chi connectivity index (χ1) is 7.54. The van der Waals surface area contributed by atoms with Crippen LogP contribution >= 0.6 is 0 Å². The lowest BCUT2D eigenvalue weighted by molar-refractivity contribution is 0.0984. The first-order valence-electron chi connectivity index (χ1n) is 4.74. The summed E-state index contributed by atoms with van der Waals surface area (Å²) in [7, 11) is 0. The lowest BCUT2D eigenvalue weighted by Crippen LogP contribution is -1.95. The number of nitrogens with one attached hydrogen (secondary N) is 1. The van der Waals surface area contributed by atoms with Crippen molar-refractivity contribution in [2.75, 3.05) is 0 Å². The summed E-state index contributed by atoms with van der Waals surface area (Å²) in [5.41, 5.74) is 0.231. The number of aromatic amines is 1. The Morgan fingerprint density at radius 1 is 1.25 bits per heavy atom. The van der Waals surface area contributed by atoms with Gasteiger partial charge in [-0.1, -0.05) is 6.92 Å². The number of fused-ring (bicyclic) bond motifs is 1. The van der Waals surface area contributed by atoms with Crippen molar-refractivity contribution in [3.05, 3.63) is 35.3 Å². The molecule has 0 atom stereocenters. The largest absolute Gasteiger partial charge is 0.352 e. The maximum Gasteiger partial charge on any atom is 0.195 e. The zero-order valence-corrected chi connectivity index (χ0v) is 8.40. The molecule has 5 heteroatoms. The Kier molecular flexibility index (Phi) is 2.46. The second-order valence-corrected chi connectivity index (χ2v) is 3.41. The molecule has 0 aliphatic rings. The maximum absolute atomic E-state index is 13.3. The van der Waals surface area contributed by atoms with Crippen molar-refractivity contribution in [1.82, 2.24) is 4.98 Å². The van der Waals surface area contributed by atoms with Gasteiger partial charge in [0.05, 0.1) is 11.2 Å².